The molecule has 1 aromatic rings. The van der Waals surface area contributed by atoms with Gasteiger partial charge in [0.1, 0.15) is 0 Å². The molecule has 0 saturated heterocycles. The third-order valence-electron chi connectivity index (χ3n) is 4.10. The monoisotopic (exact) mass is 454 g/mol. The highest BCUT2D eigenvalue weighted by Crippen LogP contribution is 2.15. The zero-order valence-electron chi connectivity index (χ0n) is 16.8. The summed E-state index contributed by atoms with van der Waals surface area (Å²) in [5, 5.41) is 35.5. The van der Waals surface area contributed by atoms with E-state index in [4.69, 9.17) is 29.9 Å². The number of benzene rings is 1. The number of hydrogen-bond donors (Lipinski definition) is 4. The molecule has 0 bridgehead atoms. The fourth-order valence-corrected chi connectivity index (χ4v) is 2.51. The highest BCUT2D eigenvalue weighted by atomic mass is 16.6. The lowest BCUT2D eigenvalue weighted by atomic mass is 10.1. The normalized spacial score (nSPS) is 12.2. The van der Waals surface area contributed by atoms with Crippen LogP contribution in [-0.4, -0.2) is 68.4 Å². The fraction of sp³-hybridized carbons (Fsp3) is 0.400. The first-order valence-corrected chi connectivity index (χ1v) is 9.42. The number of rotatable bonds is 14. The SMILES string of the molecule is O=C(O)CCCC(OC(=O)c1cccc(C(=O)OC(CCCC(=O)O)C(=O)O)c1)C(=O)O. The Kier molecular flexibility index (Phi) is 10.3. The number of carbonyl (C=O) groups is 6. The van der Waals surface area contributed by atoms with E-state index < -0.39 is 48.0 Å². The lowest BCUT2D eigenvalue weighted by Crippen LogP contribution is -2.28. The van der Waals surface area contributed by atoms with Crippen molar-refractivity contribution in [2.45, 2.75) is 50.7 Å². The predicted octanol–water partition coefficient (Wildman–Crippen LogP) is 1.42. The Balaban J connectivity index is 2.83. The minimum Gasteiger partial charge on any atom is -0.481 e. The van der Waals surface area contributed by atoms with Gasteiger partial charge in [0.05, 0.1) is 11.1 Å². The molecule has 0 saturated carbocycles. The largest absolute Gasteiger partial charge is 0.481 e. The highest BCUT2D eigenvalue weighted by Gasteiger charge is 2.26. The van der Waals surface area contributed by atoms with Crippen molar-refractivity contribution in [3.63, 3.8) is 0 Å². The summed E-state index contributed by atoms with van der Waals surface area (Å²) in [6, 6.07) is 4.76. The van der Waals surface area contributed by atoms with Crippen LogP contribution in [0.15, 0.2) is 24.3 Å². The molecule has 2 atom stereocenters. The smallest absolute Gasteiger partial charge is 0.345 e. The number of aliphatic carboxylic acids is 4. The van der Waals surface area contributed by atoms with E-state index in [0.717, 1.165) is 6.07 Å². The van der Waals surface area contributed by atoms with E-state index in [1.807, 2.05) is 0 Å². The van der Waals surface area contributed by atoms with Crippen LogP contribution in [-0.2, 0) is 28.7 Å². The van der Waals surface area contributed by atoms with E-state index in [1.54, 1.807) is 0 Å². The molecule has 1 aromatic carbocycles. The third-order valence-corrected chi connectivity index (χ3v) is 4.10. The summed E-state index contributed by atoms with van der Waals surface area (Å²) >= 11 is 0. The molecule has 0 aliphatic rings. The summed E-state index contributed by atoms with van der Waals surface area (Å²) in [5.41, 5.74) is -0.414. The number of hydrogen-bond acceptors (Lipinski definition) is 8. The Hall–Kier alpha value is -3.96. The second kappa shape index (κ2) is 12.7. The summed E-state index contributed by atoms with van der Waals surface area (Å²) in [4.78, 5) is 68.1. The van der Waals surface area contributed by atoms with Gasteiger partial charge in [-0.1, -0.05) is 6.07 Å². The quantitative estimate of drug-likeness (QED) is 0.295. The molecular weight excluding hydrogens is 432 g/mol. The van der Waals surface area contributed by atoms with Crippen LogP contribution in [0.2, 0.25) is 0 Å². The molecule has 0 radical (unpaired) electrons. The van der Waals surface area contributed by atoms with Crippen molar-refractivity contribution in [3.05, 3.63) is 35.4 Å². The van der Waals surface area contributed by atoms with Crippen molar-refractivity contribution in [1.82, 2.24) is 0 Å². The first kappa shape index (κ1) is 26.1. The Morgan fingerprint density at radius 2 is 1.06 bits per heavy atom. The first-order chi connectivity index (χ1) is 15.0. The van der Waals surface area contributed by atoms with Crippen LogP contribution < -0.4 is 0 Å². The molecular formula is C20H22O12. The van der Waals surface area contributed by atoms with Gasteiger partial charge in [0, 0.05) is 12.8 Å². The van der Waals surface area contributed by atoms with Gasteiger partial charge in [0.2, 0.25) is 0 Å². The average molecular weight is 454 g/mol. The molecule has 0 heterocycles. The zero-order chi connectivity index (χ0) is 24.3. The van der Waals surface area contributed by atoms with Crippen molar-refractivity contribution < 1.29 is 58.7 Å². The first-order valence-electron chi connectivity index (χ1n) is 9.42. The minimum atomic E-state index is -1.59. The molecule has 0 aliphatic carbocycles. The van der Waals surface area contributed by atoms with Gasteiger partial charge in [-0.25, -0.2) is 19.2 Å². The predicted molar refractivity (Wildman–Crippen MR) is 103 cm³/mol. The van der Waals surface area contributed by atoms with Gasteiger partial charge >= 0.3 is 35.8 Å². The van der Waals surface area contributed by atoms with E-state index in [2.05, 4.69) is 0 Å². The Morgan fingerprint density at radius 3 is 1.38 bits per heavy atom. The topological polar surface area (TPSA) is 202 Å². The third kappa shape index (κ3) is 9.24. The number of ether oxygens (including phenoxy) is 2. The number of carboxylic acids is 4. The van der Waals surface area contributed by atoms with Crippen LogP contribution in [0, 0.1) is 0 Å². The molecule has 174 valence electrons. The van der Waals surface area contributed by atoms with Crippen molar-refractivity contribution >= 4 is 35.8 Å². The van der Waals surface area contributed by atoms with Gasteiger partial charge in [-0.15, -0.1) is 0 Å². The van der Waals surface area contributed by atoms with E-state index in [-0.39, 0.29) is 49.7 Å². The van der Waals surface area contributed by atoms with E-state index in [1.165, 1.54) is 18.2 Å². The Labute approximate surface area is 181 Å². The summed E-state index contributed by atoms with van der Waals surface area (Å²) in [6.07, 6.45) is -4.34. The van der Waals surface area contributed by atoms with Gasteiger partial charge in [-0.2, -0.15) is 0 Å². The second-order valence-electron chi connectivity index (χ2n) is 6.62. The van der Waals surface area contributed by atoms with Gasteiger partial charge in [0.15, 0.2) is 12.2 Å². The average Bonchev–Trinajstić information content (AvgIpc) is 2.71. The van der Waals surface area contributed by atoms with Crippen LogP contribution in [0.1, 0.15) is 59.2 Å². The highest BCUT2D eigenvalue weighted by molar-refractivity contribution is 5.96. The number of carbonyl (C=O) groups excluding carboxylic acids is 2. The summed E-state index contributed by atoms with van der Waals surface area (Å²) in [7, 11) is 0. The van der Waals surface area contributed by atoms with E-state index >= 15 is 0 Å². The van der Waals surface area contributed by atoms with Crippen molar-refractivity contribution in [2.24, 2.45) is 0 Å². The molecule has 2 unspecified atom stereocenters. The van der Waals surface area contributed by atoms with Crippen LogP contribution >= 0.6 is 0 Å². The maximum absolute atomic E-state index is 12.3. The van der Waals surface area contributed by atoms with Crippen molar-refractivity contribution in [1.29, 1.82) is 0 Å². The van der Waals surface area contributed by atoms with Crippen LogP contribution in [0.4, 0.5) is 0 Å². The molecule has 4 N–H and O–H groups in total. The lowest BCUT2D eigenvalue weighted by molar-refractivity contribution is -0.148. The van der Waals surface area contributed by atoms with Gasteiger partial charge in [0.25, 0.3) is 0 Å². The molecule has 1 rings (SSSR count). The summed E-state index contributed by atoms with van der Waals surface area (Å²) in [5.74, 6) is -7.37. The maximum atomic E-state index is 12.3. The van der Waals surface area contributed by atoms with Gasteiger partial charge in [-0.05, 0) is 43.9 Å². The fourth-order valence-electron chi connectivity index (χ4n) is 2.51. The molecule has 0 aromatic heterocycles. The van der Waals surface area contributed by atoms with Gasteiger partial charge in [-0.3, -0.25) is 9.59 Å². The lowest BCUT2D eigenvalue weighted by Gasteiger charge is -2.15. The molecule has 0 spiro atoms. The molecule has 0 fully saturated rings. The summed E-state index contributed by atoms with van der Waals surface area (Å²) < 4.78 is 9.75. The summed E-state index contributed by atoms with van der Waals surface area (Å²) in [6.45, 7) is 0. The molecule has 0 aliphatic heterocycles. The van der Waals surface area contributed by atoms with Crippen molar-refractivity contribution in [2.75, 3.05) is 0 Å². The van der Waals surface area contributed by atoms with Crippen LogP contribution in [0.25, 0.3) is 0 Å². The molecule has 32 heavy (non-hydrogen) atoms. The molecule has 12 heteroatoms. The molecule has 12 nitrogen and oxygen atoms in total. The number of esters is 2. The van der Waals surface area contributed by atoms with Crippen molar-refractivity contribution in [3.8, 4) is 0 Å². The van der Waals surface area contributed by atoms with Crippen LogP contribution in [0.3, 0.4) is 0 Å². The Bertz CT molecular complexity index is 808. The maximum Gasteiger partial charge on any atom is 0.345 e. The number of carboxylic acid groups (broad SMARTS) is 4. The second-order valence-corrected chi connectivity index (χ2v) is 6.62. The van der Waals surface area contributed by atoms with E-state index in [9.17, 15) is 28.8 Å². The minimum absolute atomic E-state index is 0.0373. The zero-order valence-corrected chi connectivity index (χ0v) is 16.8. The van der Waals surface area contributed by atoms with E-state index in [0.29, 0.717) is 0 Å². The standard InChI is InChI=1S/C20H22O12/c21-15(22)8-2-6-13(17(25)26)31-19(29)11-4-1-5-12(10-11)20(30)32-14(18(27)28)7-3-9-16(23)24/h1,4-5,10,13-14H,2-3,6-9H2,(H,21,22)(H,23,24)(H,25,26)(H,27,28). The van der Waals surface area contributed by atoms with Gasteiger partial charge < -0.3 is 29.9 Å². The van der Waals surface area contributed by atoms with Crippen LogP contribution in [0.5, 0.6) is 0 Å². The Morgan fingerprint density at radius 1 is 0.688 bits per heavy atom. The molecule has 0 amide bonds.